The maximum Gasteiger partial charge on any atom is 0.169 e. The van der Waals surface area contributed by atoms with Crippen LogP contribution in [-0.2, 0) is 0 Å². The average molecular weight is 287 g/mol. The van der Waals surface area contributed by atoms with Crippen molar-refractivity contribution in [2.75, 3.05) is 20.1 Å². The molecule has 0 saturated carbocycles. The molecule has 0 amide bonds. The number of nitrogens with one attached hydrogen (secondary N) is 1. The SMILES string of the molecule is CC(c1ccc(Br)o1)N(C)CC1CCCN1. The van der Waals surface area contributed by atoms with Gasteiger partial charge in [0.25, 0.3) is 0 Å². The molecule has 1 aliphatic heterocycles. The number of hydrogen-bond acceptors (Lipinski definition) is 3. The Bertz CT molecular complexity index is 334. The highest BCUT2D eigenvalue weighted by Gasteiger charge is 2.21. The monoisotopic (exact) mass is 286 g/mol. The van der Waals surface area contributed by atoms with Crippen LogP contribution in [0.3, 0.4) is 0 Å². The van der Waals surface area contributed by atoms with Gasteiger partial charge in [-0.25, -0.2) is 0 Å². The molecule has 1 fully saturated rings. The first-order chi connectivity index (χ1) is 7.66. The van der Waals surface area contributed by atoms with Crippen LogP contribution in [0, 0.1) is 0 Å². The fourth-order valence-corrected chi connectivity index (χ4v) is 2.51. The van der Waals surface area contributed by atoms with Gasteiger partial charge in [0.15, 0.2) is 4.67 Å². The zero-order valence-electron chi connectivity index (χ0n) is 9.87. The fraction of sp³-hybridized carbons (Fsp3) is 0.667. The molecule has 4 heteroatoms. The van der Waals surface area contributed by atoms with Gasteiger partial charge in [-0.1, -0.05) is 0 Å². The molecule has 0 radical (unpaired) electrons. The van der Waals surface area contributed by atoms with Crippen LogP contribution >= 0.6 is 15.9 Å². The highest BCUT2D eigenvalue weighted by molar-refractivity contribution is 9.10. The quantitative estimate of drug-likeness (QED) is 0.923. The lowest BCUT2D eigenvalue weighted by atomic mass is 10.1. The van der Waals surface area contributed by atoms with Crippen LogP contribution in [0.2, 0.25) is 0 Å². The zero-order valence-corrected chi connectivity index (χ0v) is 11.5. The highest BCUT2D eigenvalue weighted by atomic mass is 79.9. The summed E-state index contributed by atoms with van der Waals surface area (Å²) in [6.07, 6.45) is 2.60. The standard InChI is InChI=1S/C12H19BrN2O/c1-9(11-5-6-12(13)16-11)15(2)8-10-4-3-7-14-10/h5-6,9-10,14H,3-4,7-8H2,1-2H3. The van der Waals surface area contributed by atoms with Crippen LogP contribution in [0.1, 0.15) is 31.6 Å². The minimum atomic E-state index is 0.327. The van der Waals surface area contributed by atoms with Gasteiger partial charge in [0.2, 0.25) is 0 Å². The Kier molecular flexibility index (Phi) is 4.05. The smallest absolute Gasteiger partial charge is 0.169 e. The molecule has 2 rings (SSSR count). The molecule has 0 aromatic carbocycles. The van der Waals surface area contributed by atoms with Crippen LogP contribution in [-0.4, -0.2) is 31.1 Å². The first-order valence-electron chi connectivity index (χ1n) is 5.85. The molecule has 90 valence electrons. The second-order valence-electron chi connectivity index (χ2n) is 4.55. The van der Waals surface area contributed by atoms with Gasteiger partial charge in [-0.15, -0.1) is 0 Å². The number of likely N-dealkylation sites (N-methyl/N-ethyl adjacent to an activating group) is 1. The van der Waals surface area contributed by atoms with Gasteiger partial charge in [0.05, 0.1) is 6.04 Å². The summed E-state index contributed by atoms with van der Waals surface area (Å²) in [5.74, 6) is 1.02. The molecule has 0 bridgehead atoms. The van der Waals surface area contributed by atoms with E-state index in [4.69, 9.17) is 4.42 Å². The Labute approximate surface area is 105 Å². The molecule has 1 N–H and O–H groups in total. The summed E-state index contributed by atoms with van der Waals surface area (Å²) < 4.78 is 6.39. The Morgan fingerprint density at radius 1 is 1.62 bits per heavy atom. The van der Waals surface area contributed by atoms with Gasteiger partial charge in [0, 0.05) is 12.6 Å². The van der Waals surface area contributed by atoms with Crippen LogP contribution in [0.15, 0.2) is 21.2 Å². The molecule has 2 heterocycles. The van der Waals surface area contributed by atoms with Crippen molar-refractivity contribution in [3.05, 3.63) is 22.6 Å². The van der Waals surface area contributed by atoms with E-state index in [9.17, 15) is 0 Å². The van der Waals surface area contributed by atoms with E-state index in [0.29, 0.717) is 12.1 Å². The molecular formula is C12H19BrN2O. The van der Waals surface area contributed by atoms with E-state index in [-0.39, 0.29) is 0 Å². The lowest BCUT2D eigenvalue weighted by Crippen LogP contribution is -2.36. The minimum Gasteiger partial charge on any atom is -0.453 e. The summed E-state index contributed by atoms with van der Waals surface area (Å²) in [7, 11) is 2.15. The molecule has 2 unspecified atom stereocenters. The molecule has 1 aromatic heterocycles. The van der Waals surface area contributed by atoms with Crippen LogP contribution in [0.4, 0.5) is 0 Å². The summed E-state index contributed by atoms with van der Waals surface area (Å²) in [4.78, 5) is 2.34. The summed E-state index contributed by atoms with van der Waals surface area (Å²) in [5.41, 5.74) is 0. The van der Waals surface area contributed by atoms with E-state index in [1.54, 1.807) is 0 Å². The average Bonchev–Trinajstić information content (AvgIpc) is 2.88. The van der Waals surface area contributed by atoms with Gasteiger partial charge < -0.3 is 9.73 Å². The fourth-order valence-electron chi connectivity index (χ4n) is 2.19. The molecule has 2 atom stereocenters. The second kappa shape index (κ2) is 5.34. The van der Waals surface area contributed by atoms with Crippen molar-refractivity contribution in [3.63, 3.8) is 0 Å². The first kappa shape index (κ1) is 12.1. The number of hydrogen-bond donors (Lipinski definition) is 1. The van der Waals surface area contributed by atoms with E-state index >= 15 is 0 Å². The van der Waals surface area contributed by atoms with Gasteiger partial charge in [-0.05, 0) is 61.4 Å². The summed E-state index contributed by atoms with van der Waals surface area (Å²) in [6, 6.07) is 4.96. The second-order valence-corrected chi connectivity index (χ2v) is 5.33. The number of furan rings is 1. The van der Waals surface area contributed by atoms with E-state index < -0.39 is 0 Å². The molecule has 16 heavy (non-hydrogen) atoms. The lowest BCUT2D eigenvalue weighted by molar-refractivity contribution is 0.211. The van der Waals surface area contributed by atoms with Gasteiger partial charge in [-0.3, -0.25) is 4.90 Å². The van der Waals surface area contributed by atoms with Crippen molar-refractivity contribution in [1.82, 2.24) is 10.2 Å². The molecule has 0 aliphatic carbocycles. The summed E-state index contributed by atoms with van der Waals surface area (Å²) >= 11 is 3.34. The van der Waals surface area contributed by atoms with Crippen molar-refractivity contribution in [2.24, 2.45) is 0 Å². The third-order valence-electron chi connectivity index (χ3n) is 3.34. The summed E-state index contributed by atoms with van der Waals surface area (Å²) in [5, 5.41) is 3.52. The van der Waals surface area contributed by atoms with Crippen molar-refractivity contribution in [1.29, 1.82) is 0 Å². The van der Waals surface area contributed by atoms with Gasteiger partial charge in [0.1, 0.15) is 5.76 Å². The molecule has 1 aliphatic rings. The van der Waals surface area contributed by atoms with Crippen LogP contribution < -0.4 is 5.32 Å². The van der Waals surface area contributed by atoms with Crippen molar-refractivity contribution in [2.45, 2.75) is 31.8 Å². The molecule has 0 spiro atoms. The Morgan fingerprint density at radius 2 is 2.44 bits per heavy atom. The maximum absolute atomic E-state index is 5.59. The van der Waals surface area contributed by atoms with Gasteiger partial charge in [-0.2, -0.15) is 0 Å². The Morgan fingerprint density at radius 3 is 3.00 bits per heavy atom. The van der Waals surface area contributed by atoms with Crippen molar-refractivity contribution < 1.29 is 4.42 Å². The highest BCUT2D eigenvalue weighted by Crippen LogP contribution is 2.24. The largest absolute Gasteiger partial charge is 0.453 e. The van der Waals surface area contributed by atoms with Crippen molar-refractivity contribution in [3.8, 4) is 0 Å². The predicted molar refractivity (Wildman–Crippen MR) is 68.5 cm³/mol. The number of nitrogens with zero attached hydrogens (tertiary/aromatic N) is 1. The maximum atomic E-state index is 5.59. The molecule has 3 nitrogen and oxygen atoms in total. The summed E-state index contributed by atoms with van der Waals surface area (Å²) in [6.45, 7) is 4.43. The Balaban J connectivity index is 1.90. The number of rotatable bonds is 4. The van der Waals surface area contributed by atoms with Crippen LogP contribution in [0.5, 0.6) is 0 Å². The first-order valence-corrected chi connectivity index (χ1v) is 6.65. The zero-order chi connectivity index (χ0) is 11.5. The normalized spacial score (nSPS) is 22.9. The third-order valence-corrected chi connectivity index (χ3v) is 3.76. The molecular weight excluding hydrogens is 268 g/mol. The molecule has 1 saturated heterocycles. The Hall–Kier alpha value is -0.320. The predicted octanol–water partition coefficient (Wildman–Crippen LogP) is 2.79. The van der Waals surface area contributed by atoms with Gasteiger partial charge >= 0.3 is 0 Å². The van der Waals surface area contributed by atoms with E-state index in [2.05, 4.69) is 40.1 Å². The van der Waals surface area contributed by atoms with Crippen LogP contribution in [0.25, 0.3) is 0 Å². The topological polar surface area (TPSA) is 28.4 Å². The van der Waals surface area contributed by atoms with E-state index in [0.717, 1.165) is 17.0 Å². The number of halogens is 1. The van der Waals surface area contributed by atoms with E-state index in [1.807, 2.05) is 12.1 Å². The lowest BCUT2D eigenvalue weighted by Gasteiger charge is -2.26. The molecule has 1 aromatic rings. The van der Waals surface area contributed by atoms with E-state index in [1.165, 1.54) is 19.4 Å². The minimum absolute atomic E-state index is 0.327. The van der Waals surface area contributed by atoms with Crippen molar-refractivity contribution >= 4 is 15.9 Å². The third kappa shape index (κ3) is 2.87.